The van der Waals surface area contributed by atoms with Crippen LogP contribution >= 0.6 is 0 Å². The SMILES string of the molecule is NCc1cccc(OCCN2CCCC2CO)c1. The third-order valence-electron chi connectivity index (χ3n) is 3.49. The molecule has 1 heterocycles. The van der Waals surface area contributed by atoms with Crippen LogP contribution in [0.1, 0.15) is 18.4 Å². The monoisotopic (exact) mass is 250 g/mol. The first-order chi connectivity index (χ1) is 8.83. The molecule has 0 bridgehead atoms. The normalized spacial score (nSPS) is 20.2. The van der Waals surface area contributed by atoms with E-state index in [1.54, 1.807) is 0 Å². The van der Waals surface area contributed by atoms with Gasteiger partial charge >= 0.3 is 0 Å². The van der Waals surface area contributed by atoms with Crippen molar-refractivity contribution in [3.8, 4) is 5.75 Å². The van der Waals surface area contributed by atoms with Crippen LogP contribution < -0.4 is 10.5 Å². The summed E-state index contributed by atoms with van der Waals surface area (Å²) >= 11 is 0. The van der Waals surface area contributed by atoms with Gasteiger partial charge in [-0.25, -0.2) is 0 Å². The quantitative estimate of drug-likeness (QED) is 0.790. The number of benzene rings is 1. The minimum absolute atomic E-state index is 0.253. The number of aliphatic hydroxyl groups excluding tert-OH is 1. The van der Waals surface area contributed by atoms with Gasteiger partial charge in [0.15, 0.2) is 0 Å². The zero-order chi connectivity index (χ0) is 12.8. The zero-order valence-electron chi connectivity index (χ0n) is 10.7. The van der Waals surface area contributed by atoms with Crippen molar-refractivity contribution in [2.75, 3.05) is 26.3 Å². The molecule has 0 saturated carbocycles. The molecule has 4 nitrogen and oxygen atoms in total. The van der Waals surface area contributed by atoms with Crippen LogP contribution in [-0.4, -0.2) is 42.4 Å². The third kappa shape index (κ3) is 3.45. The Morgan fingerprint density at radius 1 is 1.44 bits per heavy atom. The number of ether oxygens (including phenoxy) is 1. The Kier molecular flexibility index (Phi) is 4.99. The molecule has 2 rings (SSSR count). The maximum atomic E-state index is 9.22. The third-order valence-corrected chi connectivity index (χ3v) is 3.49. The van der Waals surface area contributed by atoms with Gasteiger partial charge in [-0.1, -0.05) is 12.1 Å². The van der Waals surface area contributed by atoms with Crippen LogP contribution in [0.25, 0.3) is 0 Å². The van der Waals surface area contributed by atoms with E-state index in [1.807, 2.05) is 24.3 Å². The molecule has 1 aliphatic rings. The summed E-state index contributed by atoms with van der Waals surface area (Å²) in [6.45, 7) is 3.39. The molecule has 0 aliphatic carbocycles. The summed E-state index contributed by atoms with van der Waals surface area (Å²) in [5, 5.41) is 9.22. The maximum absolute atomic E-state index is 9.22. The van der Waals surface area contributed by atoms with Crippen LogP contribution in [0.2, 0.25) is 0 Å². The van der Waals surface area contributed by atoms with Crippen LogP contribution in [0.3, 0.4) is 0 Å². The Labute approximate surface area is 108 Å². The molecular weight excluding hydrogens is 228 g/mol. The highest BCUT2D eigenvalue weighted by molar-refractivity contribution is 5.28. The van der Waals surface area contributed by atoms with Gasteiger partial charge in [0, 0.05) is 19.1 Å². The average molecular weight is 250 g/mol. The van der Waals surface area contributed by atoms with E-state index in [-0.39, 0.29) is 6.61 Å². The first-order valence-electron chi connectivity index (χ1n) is 6.60. The van der Waals surface area contributed by atoms with E-state index in [2.05, 4.69) is 4.90 Å². The zero-order valence-corrected chi connectivity index (χ0v) is 10.7. The molecule has 18 heavy (non-hydrogen) atoms. The van der Waals surface area contributed by atoms with Gasteiger partial charge in [0.2, 0.25) is 0 Å². The predicted octanol–water partition coefficient (Wildman–Crippen LogP) is 0.981. The van der Waals surface area contributed by atoms with Gasteiger partial charge in [-0.3, -0.25) is 4.90 Å². The first-order valence-corrected chi connectivity index (χ1v) is 6.60. The average Bonchev–Trinajstić information content (AvgIpc) is 2.86. The van der Waals surface area contributed by atoms with Crippen molar-refractivity contribution < 1.29 is 9.84 Å². The standard InChI is InChI=1S/C14H22N2O2/c15-10-12-3-1-5-14(9-12)18-8-7-16-6-2-4-13(16)11-17/h1,3,5,9,13,17H,2,4,6-8,10-11,15H2. The van der Waals surface area contributed by atoms with Crippen molar-refractivity contribution in [1.82, 2.24) is 4.90 Å². The Bertz CT molecular complexity index is 371. The molecule has 0 aromatic heterocycles. The number of hydrogen-bond donors (Lipinski definition) is 2. The summed E-state index contributed by atoms with van der Waals surface area (Å²) in [6, 6.07) is 8.21. The molecule has 3 N–H and O–H groups in total. The molecule has 1 fully saturated rings. The van der Waals surface area contributed by atoms with Crippen LogP contribution in [0.15, 0.2) is 24.3 Å². The van der Waals surface area contributed by atoms with Crippen molar-refractivity contribution in [2.45, 2.75) is 25.4 Å². The fourth-order valence-electron chi connectivity index (χ4n) is 2.44. The molecule has 1 atom stereocenters. The lowest BCUT2D eigenvalue weighted by atomic mass is 10.2. The molecule has 1 saturated heterocycles. The van der Waals surface area contributed by atoms with Crippen LogP contribution in [0.5, 0.6) is 5.75 Å². The van der Waals surface area contributed by atoms with E-state index in [9.17, 15) is 5.11 Å². The van der Waals surface area contributed by atoms with Crippen molar-refractivity contribution in [2.24, 2.45) is 5.73 Å². The number of likely N-dealkylation sites (tertiary alicyclic amines) is 1. The maximum Gasteiger partial charge on any atom is 0.119 e. The topological polar surface area (TPSA) is 58.7 Å². The molecule has 1 unspecified atom stereocenters. The number of rotatable bonds is 6. The summed E-state index contributed by atoms with van der Waals surface area (Å²) in [5.41, 5.74) is 6.68. The lowest BCUT2D eigenvalue weighted by Crippen LogP contribution is -2.35. The number of hydrogen-bond acceptors (Lipinski definition) is 4. The summed E-state index contributed by atoms with van der Waals surface area (Å²) in [4.78, 5) is 2.30. The lowest BCUT2D eigenvalue weighted by molar-refractivity contribution is 0.139. The van der Waals surface area contributed by atoms with Gasteiger partial charge in [0.25, 0.3) is 0 Å². The second-order valence-corrected chi connectivity index (χ2v) is 4.71. The molecular formula is C14H22N2O2. The lowest BCUT2D eigenvalue weighted by Gasteiger charge is -2.22. The minimum atomic E-state index is 0.253. The highest BCUT2D eigenvalue weighted by Gasteiger charge is 2.22. The Morgan fingerprint density at radius 2 is 2.33 bits per heavy atom. The van der Waals surface area contributed by atoms with E-state index < -0.39 is 0 Å². The fraction of sp³-hybridized carbons (Fsp3) is 0.571. The van der Waals surface area contributed by atoms with Gasteiger partial charge in [-0.15, -0.1) is 0 Å². The minimum Gasteiger partial charge on any atom is -0.492 e. The van der Waals surface area contributed by atoms with Gasteiger partial charge in [-0.05, 0) is 37.1 Å². The smallest absolute Gasteiger partial charge is 0.119 e. The van der Waals surface area contributed by atoms with Gasteiger partial charge < -0.3 is 15.6 Å². The number of nitrogens with zero attached hydrogens (tertiary/aromatic N) is 1. The Morgan fingerprint density at radius 3 is 3.11 bits per heavy atom. The van der Waals surface area contributed by atoms with E-state index in [4.69, 9.17) is 10.5 Å². The summed E-state index contributed by atoms with van der Waals surface area (Å²) in [6.07, 6.45) is 2.27. The van der Waals surface area contributed by atoms with E-state index >= 15 is 0 Å². The molecule has 0 radical (unpaired) electrons. The molecule has 1 aromatic carbocycles. The largest absolute Gasteiger partial charge is 0.492 e. The second kappa shape index (κ2) is 6.73. The molecule has 1 aliphatic heterocycles. The van der Waals surface area contributed by atoms with Gasteiger partial charge in [-0.2, -0.15) is 0 Å². The molecule has 4 heteroatoms. The summed E-state index contributed by atoms with van der Waals surface area (Å²) < 4.78 is 5.72. The van der Waals surface area contributed by atoms with Gasteiger partial charge in [0.05, 0.1) is 6.61 Å². The Hall–Kier alpha value is -1.10. The molecule has 1 aromatic rings. The van der Waals surface area contributed by atoms with Crippen LogP contribution in [0, 0.1) is 0 Å². The highest BCUT2D eigenvalue weighted by atomic mass is 16.5. The Balaban J connectivity index is 1.77. The second-order valence-electron chi connectivity index (χ2n) is 4.71. The van der Waals surface area contributed by atoms with Crippen LogP contribution in [-0.2, 0) is 6.54 Å². The molecule has 100 valence electrons. The van der Waals surface area contributed by atoms with E-state index in [0.29, 0.717) is 19.2 Å². The van der Waals surface area contributed by atoms with Crippen LogP contribution in [0.4, 0.5) is 0 Å². The summed E-state index contributed by atoms with van der Waals surface area (Å²) in [5.74, 6) is 0.873. The first kappa shape index (κ1) is 13.3. The summed E-state index contributed by atoms with van der Waals surface area (Å²) in [7, 11) is 0. The van der Waals surface area contributed by atoms with Crippen molar-refractivity contribution in [1.29, 1.82) is 0 Å². The van der Waals surface area contributed by atoms with E-state index in [1.165, 1.54) is 6.42 Å². The predicted molar refractivity (Wildman–Crippen MR) is 71.5 cm³/mol. The number of nitrogens with two attached hydrogens (primary N) is 1. The van der Waals surface area contributed by atoms with Crippen molar-refractivity contribution in [3.05, 3.63) is 29.8 Å². The van der Waals surface area contributed by atoms with Crippen molar-refractivity contribution >= 4 is 0 Å². The number of aliphatic hydroxyl groups is 1. The highest BCUT2D eigenvalue weighted by Crippen LogP contribution is 2.17. The van der Waals surface area contributed by atoms with Gasteiger partial charge in [0.1, 0.15) is 12.4 Å². The fourth-order valence-corrected chi connectivity index (χ4v) is 2.44. The van der Waals surface area contributed by atoms with E-state index in [0.717, 1.165) is 30.8 Å². The molecule has 0 spiro atoms. The molecule has 0 amide bonds. The van der Waals surface area contributed by atoms with Crippen molar-refractivity contribution in [3.63, 3.8) is 0 Å².